The van der Waals surface area contributed by atoms with Crippen molar-refractivity contribution in [3.05, 3.63) is 34.9 Å². The van der Waals surface area contributed by atoms with Gasteiger partial charge in [-0.2, -0.15) is 0 Å². The minimum absolute atomic E-state index is 0.798. The van der Waals surface area contributed by atoms with Crippen LogP contribution >= 0.6 is 0 Å². The molecule has 2 aliphatic rings. The maximum absolute atomic E-state index is 11.1. The molecule has 2 atom stereocenters. The van der Waals surface area contributed by atoms with E-state index in [4.69, 9.17) is 0 Å². The number of aldehydes is 1. The number of hydrogen-bond donors (Lipinski definition) is 0. The van der Waals surface area contributed by atoms with Crippen molar-refractivity contribution in [2.75, 3.05) is 13.1 Å². The van der Waals surface area contributed by atoms with Gasteiger partial charge in [-0.25, -0.2) is 0 Å². The van der Waals surface area contributed by atoms with E-state index >= 15 is 0 Å². The van der Waals surface area contributed by atoms with Gasteiger partial charge in [-0.15, -0.1) is 0 Å². The van der Waals surface area contributed by atoms with E-state index in [-0.39, 0.29) is 0 Å². The van der Waals surface area contributed by atoms with Gasteiger partial charge in [0.1, 0.15) is 6.29 Å². The molecular formula is C20H29NO. The summed E-state index contributed by atoms with van der Waals surface area (Å²) in [5.74, 6) is 0.804. The number of aryl methyl sites for hydroxylation is 1. The number of benzene rings is 1. The van der Waals surface area contributed by atoms with Crippen LogP contribution in [0.15, 0.2) is 18.2 Å². The molecule has 1 aliphatic heterocycles. The lowest BCUT2D eigenvalue weighted by atomic mass is 9.79. The van der Waals surface area contributed by atoms with Gasteiger partial charge in [-0.3, -0.25) is 4.79 Å². The fourth-order valence-corrected chi connectivity index (χ4v) is 4.49. The molecule has 0 amide bonds. The molecule has 1 saturated heterocycles. The van der Waals surface area contributed by atoms with Crippen LogP contribution in [0.3, 0.4) is 0 Å². The Labute approximate surface area is 134 Å². The Hall–Kier alpha value is -1.15. The molecule has 2 nitrogen and oxygen atoms in total. The summed E-state index contributed by atoms with van der Waals surface area (Å²) in [6.07, 6.45) is 11.5. The fraction of sp³-hybridized carbons (Fsp3) is 0.650. The van der Waals surface area contributed by atoms with Crippen molar-refractivity contribution < 1.29 is 4.79 Å². The third-order valence-corrected chi connectivity index (χ3v) is 5.69. The number of carbonyl (C=O) groups excluding carboxylic acids is 1. The van der Waals surface area contributed by atoms with Crippen molar-refractivity contribution in [2.24, 2.45) is 5.92 Å². The number of carbonyl (C=O) groups is 1. The summed E-state index contributed by atoms with van der Waals surface area (Å²) in [6.45, 7) is 4.76. The SMILES string of the molecule is CCc1cc(CC2CCCCC2N2CCCC2)ccc1C=O. The quantitative estimate of drug-likeness (QED) is 0.757. The number of hydrogen-bond acceptors (Lipinski definition) is 2. The molecule has 0 N–H and O–H groups in total. The molecule has 1 aliphatic carbocycles. The van der Waals surface area contributed by atoms with Crippen LogP contribution in [0.4, 0.5) is 0 Å². The van der Waals surface area contributed by atoms with E-state index in [1.807, 2.05) is 6.07 Å². The molecule has 3 rings (SSSR count). The van der Waals surface area contributed by atoms with E-state index < -0.39 is 0 Å². The topological polar surface area (TPSA) is 20.3 Å². The van der Waals surface area contributed by atoms with Gasteiger partial charge in [0.15, 0.2) is 0 Å². The lowest BCUT2D eigenvalue weighted by Gasteiger charge is -2.38. The lowest BCUT2D eigenvalue weighted by Crippen LogP contribution is -2.41. The van der Waals surface area contributed by atoms with Gasteiger partial charge < -0.3 is 4.90 Å². The molecule has 2 fully saturated rings. The smallest absolute Gasteiger partial charge is 0.150 e. The molecule has 0 bridgehead atoms. The Kier molecular flexibility index (Phi) is 5.30. The molecule has 22 heavy (non-hydrogen) atoms. The van der Waals surface area contributed by atoms with Crippen molar-refractivity contribution in [1.29, 1.82) is 0 Å². The zero-order valence-electron chi connectivity index (χ0n) is 13.9. The predicted molar refractivity (Wildman–Crippen MR) is 91.5 cm³/mol. The van der Waals surface area contributed by atoms with Gasteiger partial charge in [-0.1, -0.05) is 38.0 Å². The second kappa shape index (κ2) is 7.41. The Bertz CT molecular complexity index is 504. The summed E-state index contributed by atoms with van der Waals surface area (Å²) in [5.41, 5.74) is 3.51. The maximum Gasteiger partial charge on any atom is 0.150 e. The van der Waals surface area contributed by atoms with Crippen LogP contribution in [0, 0.1) is 5.92 Å². The molecule has 120 valence electrons. The third kappa shape index (κ3) is 3.43. The molecule has 1 heterocycles. The summed E-state index contributed by atoms with van der Waals surface area (Å²) in [7, 11) is 0. The van der Waals surface area contributed by atoms with E-state index in [1.165, 1.54) is 69.2 Å². The standard InChI is InChI=1S/C20H29NO/c1-2-17-13-16(9-10-19(17)15-22)14-18-7-3-4-8-20(18)21-11-5-6-12-21/h9-10,13,15,18,20H,2-8,11-12,14H2,1H3. The second-order valence-corrected chi connectivity index (χ2v) is 7.06. The highest BCUT2D eigenvalue weighted by molar-refractivity contribution is 5.77. The molecule has 2 heteroatoms. The van der Waals surface area contributed by atoms with Crippen LogP contribution < -0.4 is 0 Å². The maximum atomic E-state index is 11.1. The van der Waals surface area contributed by atoms with Crippen LogP contribution in [0.5, 0.6) is 0 Å². The van der Waals surface area contributed by atoms with Crippen LogP contribution in [0.25, 0.3) is 0 Å². The molecule has 1 aromatic carbocycles. The highest BCUT2D eigenvalue weighted by atomic mass is 16.1. The minimum Gasteiger partial charge on any atom is -0.300 e. The molecule has 1 aromatic rings. The van der Waals surface area contributed by atoms with Crippen molar-refractivity contribution >= 4 is 6.29 Å². The van der Waals surface area contributed by atoms with Gasteiger partial charge in [0.05, 0.1) is 0 Å². The van der Waals surface area contributed by atoms with E-state index in [0.29, 0.717) is 0 Å². The van der Waals surface area contributed by atoms with Gasteiger partial charge in [-0.05, 0) is 68.7 Å². The minimum atomic E-state index is 0.798. The summed E-state index contributed by atoms with van der Waals surface area (Å²) in [6, 6.07) is 7.28. The first-order chi connectivity index (χ1) is 10.8. The zero-order chi connectivity index (χ0) is 15.4. The van der Waals surface area contributed by atoms with E-state index in [1.54, 1.807) is 0 Å². The average molecular weight is 299 g/mol. The monoisotopic (exact) mass is 299 g/mol. The summed E-state index contributed by atoms with van der Waals surface area (Å²) >= 11 is 0. The van der Waals surface area contributed by atoms with E-state index in [9.17, 15) is 4.79 Å². The number of rotatable bonds is 5. The molecule has 0 radical (unpaired) electrons. The molecule has 2 unspecified atom stereocenters. The molecule has 1 saturated carbocycles. The van der Waals surface area contributed by atoms with Crippen LogP contribution in [-0.2, 0) is 12.8 Å². The fourth-order valence-electron chi connectivity index (χ4n) is 4.49. The van der Waals surface area contributed by atoms with Crippen molar-refractivity contribution in [2.45, 2.75) is 64.3 Å². The first-order valence-electron chi connectivity index (χ1n) is 9.13. The Morgan fingerprint density at radius 1 is 1.14 bits per heavy atom. The summed E-state index contributed by atoms with van der Waals surface area (Å²) in [5, 5.41) is 0. The van der Waals surface area contributed by atoms with Crippen LogP contribution in [0.1, 0.15) is 66.9 Å². The normalized spacial score (nSPS) is 26.2. The number of likely N-dealkylation sites (tertiary alicyclic amines) is 1. The average Bonchev–Trinajstić information content (AvgIpc) is 3.09. The summed E-state index contributed by atoms with van der Waals surface area (Å²) < 4.78 is 0. The van der Waals surface area contributed by atoms with E-state index in [2.05, 4.69) is 24.0 Å². The van der Waals surface area contributed by atoms with E-state index in [0.717, 1.165) is 30.2 Å². The molecular weight excluding hydrogens is 270 g/mol. The van der Waals surface area contributed by atoms with Crippen molar-refractivity contribution in [3.8, 4) is 0 Å². The highest BCUT2D eigenvalue weighted by Crippen LogP contribution is 2.33. The van der Waals surface area contributed by atoms with Gasteiger partial charge in [0, 0.05) is 11.6 Å². The summed E-state index contributed by atoms with van der Waals surface area (Å²) in [4.78, 5) is 13.9. The zero-order valence-corrected chi connectivity index (χ0v) is 13.9. The first kappa shape index (κ1) is 15.7. The number of nitrogens with zero attached hydrogens (tertiary/aromatic N) is 1. The largest absolute Gasteiger partial charge is 0.300 e. The third-order valence-electron chi connectivity index (χ3n) is 5.69. The first-order valence-corrected chi connectivity index (χ1v) is 9.13. The van der Waals surface area contributed by atoms with Crippen LogP contribution in [-0.4, -0.2) is 30.3 Å². The lowest BCUT2D eigenvalue weighted by molar-refractivity contribution is 0.112. The Morgan fingerprint density at radius 3 is 2.64 bits per heavy atom. The predicted octanol–water partition coefficient (Wildman–Crippen LogP) is 4.26. The Balaban J connectivity index is 1.73. The van der Waals surface area contributed by atoms with Crippen LogP contribution in [0.2, 0.25) is 0 Å². The molecule has 0 aromatic heterocycles. The van der Waals surface area contributed by atoms with Crippen molar-refractivity contribution in [1.82, 2.24) is 4.90 Å². The van der Waals surface area contributed by atoms with Gasteiger partial charge in [0.2, 0.25) is 0 Å². The van der Waals surface area contributed by atoms with Gasteiger partial charge >= 0.3 is 0 Å². The van der Waals surface area contributed by atoms with Gasteiger partial charge in [0.25, 0.3) is 0 Å². The second-order valence-electron chi connectivity index (χ2n) is 7.06. The highest BCUT2D eigenvalue weighted by Gasteiger charge is 2.31. The van der Waals surface area contributed by atoms with Crippen molar-refractivity contribution in [3.63, 3.8) is 0 Å². The molecule has 0 spiro atoms. The Morgan fingerprint density at radius 2 is 1.91 bits per heavy atom.